The number of halogens is 2. The molecule has 0 spiro atoms. The number of rotatable bonds is 5. The monoisotopic (exact) mass is 678 g/mol. The van der Waals surface area contributed by atoms with E-state index in [9.17, 15) is 8.78 Å². The molecule has 3 heterocycles. The maximum absolute atomic E-state index is 14.6. The maximum Gasteiger partial charge on any atom is 0.164 e. The van der Waals surface area contributed by atoms with Gasteiger partial charge in [0.25, 0.3) is 0 Å². The molecule has 0 fully saturated rings. The number of aromatic nitrogens is 4. The van der Waals surface area contributed by atoms with Crippen molar-refractivity contribution in [1.29, 1.82) is 0 Å². The van der Waals surface area contributed by atoms with E-state index in [1.165, 1.54) is 12.1 Å². The summed E-state index contributed by atoms with van der Waals surface area (Å²) < 4.78 is 37.3. The van der Waals surface area contributed by atoms with Crippen LogP contribution in [0.15, 0.2) is 150 Å². The van der Waals surface area contributed by atoms with Crippen molar-refractivity contribution in [3.63, 3.8) is 0 Å². The molecule has 52 heavy (non-hydrogen) atoms. The molecule has 0 atom stereocenters. The Bertz CT molecular complexity index is 2870. The van der Waals surface area contributed by atoms with E-state index in [1.807, 2.05) is 108 Å². The molecule has 0 radical (unpaired) electrons. The minimum atomic E-state index is -0.327. The first-order chi connectivity index (χ1) is 25.6. The summed E-state index contributed by atoms with van der Waals surface area (Å²) in [5.41, 5.74) is 9.47. The number of nitrogens with zero attached hydrogens (tertiary/aromatic N) is 4. The van der Waals surface area contributed by atoms with Crippen molar-refractivity contribution in [3.8, 4) is 51.0 Å². The minimum Gasteiger partial charge on any atom is -0.456 e. The molecule has 1 aliphatic carbocycles. The topological polar surface area (TPSA) is 56.7 Å². The third-order valence-electron chi connectivity index (χ3n) is 9.87. The predicted octanol–water partition coefficient (Wildman–Crippen LogP) is 11.8. The zero-order valence-electron chi connectivity index (χ0n) is 27.7. The first kappa shape index (κ1) is 30.1. The lowest BCUT2D eigenvalue weighted by atomic mass is 10.00. The predicted molar refractivity (Wildman–Crippen MR) is 203 cm³/mol. The Labute approximate surface area is 297 Å². The quantitative estimate of drug-likeness (QED) is 0.182. The second-order valence-electron chi connectivity index (χ2n) is 13.1. The van der Waals surface area contributed by atoms with Crippen molar-refractivity contribution in [2.24, 2.45) is 0 Å². The molecule has 10 rings (SSSR count). The smallest absolute Gasteiger partial charge is 0.164 e. The number of benzene rings is 6. The molecule has 0 aliphatic heterocycles. The second-order valence-corrected chi connectivity index (χ2v) is 13.1. The highest BCUT2D eigenvalue weighted by Crippen LogP contribution is 2.38. The molecule has 3 aromatic heterocycles. The van der Waals surface area contributed by atoms with Crippen LogP contribution < -0.4 is 0 Å². The molecule has 6 aromatic carbocycles. The van der Waals surface area contributed by atoms with Crippen LogP contribution in [0.2, 0.25) is 0 Å². The number of aryl methyl sites for hydroxylation is 1. The largest absolute Gasteiger partial charge is 0.456 e. The Hall–Kier alpha value is -6.73. The fraction of sp³-hybridized carbons (Fsp3) is 0.0444. The van der Waals surface area contributed by atoms with E-state index in [1.54, 1.807) is 12.1 Å². The summed E-state index contributed by atoms with van der Waals surface area (Å²) in [4.78, 5) is 14.8. The van der Waals surface area contributed by atoms with Gasteiger partial charge >= 0.3 is 0 Å². The summed E-state index contributed by atoms with van der Waals surface area (Å²) in [6, 6.07) is 44.9. The van der Waals surface area contributed by atoms with Crippen molar-refractivity contribution in [2.45, 2.75) is 12.8 Å². The number of hydrogen-bond donors (Lipinski definition) is 0. The third kappa shape index (κ3) is 5.09. The lowest BCUT2D eigenvalue weighted by Crippen LogP contribution is -2.02. The molecule has 0 amide bonds. The van der Waals surface area contributed by atoms with E-state index in [0.717, 1.165) is 77.6 Å². The van der Waals surface area contributed by atoms with Crippen LogP contribution in [-0.2, 0) is 6.42 Å². The van der Waals surface area contributed by atoms with Crippen molar-refractivity contribution >= 4 is 38.9 Å². The summed E-state index contributed by atoms with van der Waals surface area (Å²) in [6.07, 6.45) is 2.51. The van der Waals surface area contributed by atoms with E-state index in [2.05, 4.69) is 18.2 Å². The SMILES string of the molecule is FC1=Cc2c(c3ccc(F)cc3n2-c2cccc(-c3ccc(-c4nc(-c5ccccc5)nc(-c5ccc6c(c5)oc5ccccc56)n4)cc3)c2)CC1. The maximum atomic E-state index is 14.6. The van der Waals surface area contributed by atoms with Crippen LogP contribution in [0.4, 0.5) is 8.78 Å². The van der Waals surface area contributed by atoms with Gasteiger partial charge in [0.2, 0.25) is 0 Å². The Morgan fingerprint density at radius 3 is 1.98 bits per heavy atom. The van der Waals surface area contributed by atoms with Crippen LogP contribution in [-0.4, -0.2) is 19.5 Å². The summed E-state index contributed by atoms with van der Waals surface area (Å²) in [5, 5.41) is 3.05. The van der Waals surface area contributed by atoms with Crippen LogP contribution in [0.3, 0.4) is 0 Å². The van der Waals surface area contributed by atoms with Crippen LogP contribution in [0.25, 0.3) is 89.9 Å². The van der Waals surface area contributed by atoms with Gasteiger partial charge in [-0.1, -0.05) is 91.0 Å². The summed E-state index contributed by atoms with van der Waals surface area (Å²) in [5.74, 6) is 1.18. The van der Waals surface area contributed by atoms with E-state index >= 15 is 0 Å². The zero-order chi connectivity index (χ0) is 34.8. The van der Waals surface area contributed by atoms with E-state index in [4.69, 9.17) is 19.4 Å². The van der Waals surface area contributed by atoms with Gasteiger partial charge in [-0.25, -0.2) is 23.7 Å². The van der Waals surface area contributed by atoms with Gasteiger partial charge in [-0.3, -0.25) is 0 Å². The standard InChI is InChI=1S/C45H28F2N4O/c46-32-18-21-35-36-22-19-33(47)26-40(36)51(39(35)25-32)34-10-6-9-30(23-34)27-13-15-29(16-14-27)44-48-43(28-7-2-1-3-8-28)49-45(50-44)31-17-20-38-37-11-4-5-12-41(37)52-42(38)24-31/h1-18,20-21,23-26H,19,22H2. The highest BCUT2D eigenvalue weighted by molar-refractivity contribution is 6.05. The van der Waals surface area contributed by atoms with Gasteiger partial charge in [-0.05, 0) is 77.7 Å². The lowest BCUT2D eigenvalue weighted by Gasteiger charge is -2.14. The number of allylic oxidation sites excluding steroid dienone is 1. The molecule has 0 saturated carbocycles. The molecule has 0 unspecified atom stereocenters. The van der Waals surface area contributed by atoms with Crippen LogP contribution in [0.1, 0.15) is 17.7 Å². The average Bonchev–Trinajstić information content (AvgIpc) is 3.72. The second kappa shape index (κ2) is 12.0. The lowest BCUT2D eigenvalue weighted by molar-refractivity contribution is 0.590. The number of fused-ring (bicyclic) bond motifs is 6. The van der Waals surface area contributed by atoms with Crippen molar-refractivity contribution in [1.82, 2.24) is 19.5 Å². The Kier molecular flexibility index (Phi) is 6.92. The fourth-order valence-corrected chi connectivity index (χ4v) is 7.36. The molecule has 0 N–H and O–H groups in total. The minimum absolute atomic E-state index is 0.171. The number of furan rings is 1. The van der Waals surface area contributed by atoms with Crippen molar-refractivity contribution < 1.29 is 13.2 Å². The Morgan fingerprint density at radius 2 is 1.15 bits per heavy atom. The normalized spacial score (nSPS) is 12.8. The number of para-hydroxylation sites is 1. The molecule has 1 aliphatic rings. The van der Waals surface area contributed by atoms with E-state index in [0.29, 0.717) is 30.3 Å². The zero-order valence-corrected chi connectivity index (χ0v) is 27.7. The molecule has 248 valence electrons. The van der Waals surface area contributed by atoms with Gasteiger partial charge in [0, 0.05) is 45.0 Å². The van der Waals surface area contributed by atoms with Crippen LogP contribution in [0.5, 0.6) is 0 Å². The Morgan fingerprint density at radius 1 is 0.500 bits per heavy atom. The number of hydrogen-bond acceptors (Lipinski definition) is 4. The highest BCUT2D eigenvalue weighted by atomic mass is 19.1. The molecular weight excluding hydrogens is 651 g/mol. The highest BCUT2D eigenvalue weighted by Gasteiger charge is 2.22. The van der Waals surface area contributed by atoms with Crippen LogP contribution in [0, 0.1) is 5.82 Å². The molecular formula is C45H28F2N4O. The molecule has 5 nitrogen and oxygen atoms in total. The summed E-state index contributed by atoms with van der Waals surface area (Å²) >= 11 is 0. The van der Waals surface area contributed by atoms with E-state index < -0.39 is 0 Å². The summed E-state index contributed by atoms with van der Waals surface area (Å²) in [6.45, 7) is 0. The molecule has 0 bridgehead atoms. The first-order valence-electron chi connectivity index (χ1n) is 17.2. The fourth-order valence-electron chi connectivity index (χ4n) is 7.36. The molecule has 7 heteroatoms. The van der Waals surface area contributed by atoms with Gasteiger partial charge < -0.3 is 8.98 Å². The first-order valence-corrected chi connectivity index (χ1v) is 17.2. The Balaban J connectivity index is 1.05. The average molecular weight is 679 g/mol. The molecule has 0 saturated heterocycles. The van der Waals surface area contributed by atoms with Crippen LogP contribution >= 0.6 is 0 Å². The van der Waals surface area contributed by atoms with Crippen molar-refractivity contribution in [3.05, 3.63) is 162 Å². The third-order valence-corrected chi connectivity index (χ3v) is 9.87. The van der Waals surface area contributed by atoms with Gasteiger partial charge in [-0.15, -0.1) is 0 Å². The van der Waals surface area contributed by atoms with Gasteiger partial charge in [-0.2, -0.15) is 0 Å². The summed E-state index contributed by atoms with van der Waals surface area (Å²) in [7, 11) is 0. The van der Waals surface area contributed by atoms with Gasteiger partial charge in [0.05, 0.1) is 11.2 Å². The molecule has 9 aromatic rings. The van der Waals surface area contributed by atoms with E-state index in [-0.39, 0.29) is 11.6 Å². The van der Waals surface area contributed by atoms with Crippen molar-refractivity contribution in [2.75, 3.05) is 0 Å². The van der Waals surface area contributed by atoms with Gasteiger partial charge in [0.15, 0.2) is 17.5 Å². The van der Waals surface area contributed by atoms with Gasteiger partial charge in [0.1, 0.15) is 22.8 Å².